The van der Waals surface area contributed by atoms with E-state index in [1.807, 2.05) is 5.38 Å². The van der Waals surface area contributed by atoms with Crippen LogP contribution in [0, 0.1) is 0 Å². The molecule has 3 rings (SSSR count). The molecule has 1 saturated heterocycles. The van der Waals surface area contributed by atoms with Crippen LogP contribution in [0.5, 0.6) is 0 Å². The van der Waals surface area contributed by atoms with Gasteiger partial charge in [-0.05, 0) is 11.5 Å². The quantitative estimate of drug-likeness (QED) is 0.759. The Labute approximate surface area is 126 Å². The summed E-state index contributed by atoms with van der Waals surface area (Å²) in [6, 6.07) is -0.594. The lowest BCUT2D eigenvalue weighted by molar-refractivity contribution is -0.147. The summed E-state index contributed by atoms with van der Waals surface area (Å²) >= 11 is 4.13. The summed E-state index contributed by atoms with van der Waals surface area (Å²) in [5, 5.41) is 14.8. The minimum atomic E-state index is -1.09. The van der Waals surface area contributed by atoms with Crippen LogP contribution in [0.1, 0.15) is 5.69 Å². The van der Waals surface area contributed by atoms with Gasteiger partial charge in [-0.25, -0.2) is 4.79 Å². The van der Waals surface area contributed by atoms with Crippen LogP contribution in [0.4, 0.5) is 0 Å². The predicted octanol–water partition coefficient (Wildman–Crippen LogP) is 0.310. The second-order valence-electron chi connectivity index (χ2n) is 4.20. The molecule has 1 fully saturated rings. The van der Waals surface area contributed by atoms with Crippen LogP contribution in [0.15, 0.2) is 16.0 Å². The molecule has 2 aliphatic heterocycles. The van der Waals surface area contributed by atoms with E-state index in [-0.39, 0.29) is 17.0 Å². The highest BCUT2D eigenvalue weighted by atomic mass is 32.2. The number of amides is 1. The molecule has 2 atom stereocenters. The first-order chi connectivity index (χ1) is 9.59. The second-order valence-corrected chi connectivity index (χ2v) is 6.98. The summed E-state index contributed by atoms with van der Waals surface area (Å²) in [7, 11) is 0. The Kier molecular flexibility index (Phi) is 3.71. The van der Waals surface area contributed by atoms with Crippen molar-refractivity contribution >= 4 is 46.9 Å². The average Bonchev–Trinajstić information content (AvgIpc) is 2.96. The van der Waals surface area contributed by atoms with Crippen LogP contribution in [-0.2, 0) is 15.3 Å². The number of nitrogens with zero attached hydrogens (tertiary/aromatic N) is 3. The normalized spacial score (nSPS) is 25.4. The fourth-order valence-electron chi connectivity index (χ4n) is 2.01. The van der Waals surface area contributed by atoms with Gasteiger partial charge >= 0.3 is 5.97 Å². The minimum Gasteiger partial charge on any atom is -0.477 e. The van der Waals surface area contributed by atoms with E-state index in [4.69, 9.17) is 5.73 Å². The Morgan fingerprint density at radius 3 is 3.10 bits per heavy atom. The number of carbonyl (C=O) groups excluding carboxylic acids is 1. The molecule has 1 amide bonds. The Hall–Kier alpha value is -1.10. The number of carbonyl (C=O) groups is 2. The third-order valence-electron chi connectivity index (χ3n) is 2.98. The van der Waals surface area contributed by atoms with Crippen molar-refractivity contribution in [3.8, 4) is 0 Å². The van der Waals surface area contributed by atoms with Gasteiger partial charge in [-0.3, -0.25) is 9.69 Å². The third-order valence-corrected chi connectivity index (χ3v) is 6.14. The highest BCUT2D eigenvalue weighted by molar-refractivity contribution is 8.05. The molecule has 0 bridgehead atoms. The summed E-state index contributed by atoms with van der Waals surface area (Å²) in [6.45, 7) is 0. The highest BCUT2D eigenvalue weighted by Gasteiger charge is 2.51. The van der Waals surface area contributed by atoms with Gasteiger partial charge < -0.3 is 10.8 Å². The molecule has 1 aromatic heterocycles. The van der Waals surface area contributed by atoms with Gasteiger partial charge in [-0.2, -0.15) is 0 Å². The summed E-state index contributed by atoms with van der Waals surface area (Å²) in [5.74, 6) is -0.323. The van der Waals surface area contributed by atoms with Crippen molar-refractivity contribution in [2.75, 3.05) is 5.75 Å². The summed E-state index contributed by atoms with van der Waals surface area (Å²) in [6.07, 6.45) is 0. The first kappa shape index (κ1) is 13.9. The van der Waals surface area contributed by atoms with E-state index in [0.717, 1.165) is 5.69 Å². The molecule has 0 saturated carbocycles. The molecule has 0 radical (unpaired) electrons. The molecule has 3 N–H and O–H groups in total. The van der Waals surface area contributed by atoms with Crippen LogP contribution in [0.3, 0.4) is 0 Å². The lowest BCUT2D eigenvalue weighted by Crippen LogP contribution is -2.68. The van der Waals surface area contributed by atoms with Crippen molar-refractivity contribution in [3.05, 3.63) is 21.7 Å². The van der Waals surface area contributed by atoms with E-state index >= 15 is 0 Å². The van der Waals surface area contributed by atoms with Crippen LogP contribution < -0.4 is 5.73 Å². The predicted molar refractivity (Wildman–Crippen MR) is 76.9 cm³/mol. The molecule has 106 valence electrons. The molecule has 0 aromatic carbocycles. The SMILES string of the molecule is NC1C(=O)N2C(C(=O)O)=C(SCc3csnn3)CS[C@@H]12. The molecule has 7 nitrogen and oxygen atoms in total. The fourth-order valence-corrected chi connectivity index (χ4v) is 5.03. The monoisotopic (exact) mass is 330 g/mol. The Morgan fingerprint density at radius 1 is 1.65 bits per heavy atom. The number of rotatable bonds is 4. The maximum absolute atomic E-state index is 11.7. The van der Waals surface area contributed by atoms with Crippen LogP contribution in [-0.4, -0.2) is 48.6 Å². The lowest BCUT2D eigenvalue weighted by atomic mass is 10.1. The van der Waals surface area contributed by atoms with Crippen LogP contribution >= 0.6 is 35.1 Å². The van der Waals surface area contributed by atoms with Gasteiger partial charge in [-0.15, -0.1) is 28.6 Å². The number of nitrogens with two attached hydrogens (primary N) is 1. The Balaban J connectivity index is 1.82. The fraction of sp³-hybridized carbons (Fsp3) is 0.400. The average molecular weight is 330 g/mol. The van der Waals surface area contributed by atoms with Gasteiger partial charge in [0.25, 0.3) is 0 Å². The van der Waals surface area contributed by atoms with Gasteiger partial charge in [0.2, 0.25) is 5.91 Å². The van der Waals surface area contributed by atoms with Crippen LogP contribution in [0.2, 0.25) is 0 Å². The molecule has 3 heterocycles. The smallest absolute Gasteiger partial charge is 0.353 e. The summed E-state index contributed by atoms with van der Waals surface area (Å²) in [5.41, 5.74) is 6.55. The number of aromatic nitrogens is 2. The molecule has 2 aliphatic rings. The van der Waals surface area contributed by atoms with E-state index in [0.29, 0.717) is 16.4 Å². The number of hydrogen-bond acceptors (Lipinski definition) is 8. The van der Waals surface area contributed by atoms with Crippen molar-refractivity contribution in [3.63, 3.8) is 0 Å². The van der Waals surface area contributed by atoms with Crippen molar-refractivity contribution in [2.24, 2.45) is 5.73 Å². The first-order valence-corrected chi connectivity index (χ1v) is 8.52. The van der Waals surface area contributed by atoms with Crippen molar-refractivity contribution in [1.29, 1.82) is 0 Å². The second kappa shape index (κ2) is 5.35. The topological polar surface area (TPSA) is 109 Å². The van der Waals surface area contributed by atoms with Crippen LogP contribution in [0.25, 0.3) is 0 Å². The Bertz CT molecular complexity index is 589. The van der Waals surface area contributed by atoms with Gasteiger partial charge in [0.05, 0.1) is 5.69 Å². The number of β-lactam (4-membered cyclic amide) rings is 1. The standard InChI is InChI=1S/C10H10N4O3S3/c11-6-8(15)14-7(10(16)17)5(3-19-9(6)14)18-1-4-2-20-13-12-4/h2,6,9H,1,3,11H2,(H,16,17)/t6?,9-/m0/s1. The number of aliphatic carboxylic acids is 1. The highest BCUT2D eigenvalue weighted by Crippen LogP contribution is 2.43. The number of fused-ring (bicyclic) bond motifs is 1. The van der Waals surface area contributed by atoms with E-state index < -0.39 is 12.0 Å². The van der Waals surface area contributed by atoms with Gasteiger partial charge in [-0.1, -0.05) is 4.49 Å². The largest absolute Gasteiger partial charge is 0.477 e. The molecule has 10 heteroatoms. The molecule has 0 aliphatic carbocycles. The zero-order valence-electron chi connectivity index (χ0n) is 10.1. The molecular formula is C10H10N4O3S3. The number of thioether (sulfide) groups is 2. The molecule has 0 spiro atoms. The maximum Gasteiger partial charge on any atom is 0.353 e. The molecule has 20 heavy (non-hydrogen) atoms. The lowest BCUT2D eigenvalue weighted by Gasteiger charge is -2.47. The zero-order chi connectivity index (χ0) is 14.3. The van der Waals surface area contributed by atoms with Crippen molar-refractivity contribution in [2.45, 2.75) is 17.2 Å². The molecule has 1 aromatic rings. The van der Waals surface area contributed by atoms with E-state index in [2.05, 4.69) is 9.59 Å². The van der Waals surface area contributed by atoms with Gasteiger partial charge in [0.15, 0.2) is 0 Å². The molecular weight excluding hydrogens is 320 g/mol. The zero-order valence-corrected chi connectivity index (χ0v) is 12.5. The van der Waals surface area contributed by atoms with Crippen molar-refractivity contribution in [1.82, 2.24) is 14.5 Å². The minimum absolute atomic E-state index is 0.0636. The van der Waals surface area contributed by atoms with Gasteiger partial charge in [0.1, 0.15) is 17.1 Å². The first-order valence-electron chi connectivity index (χ1n) is 5.65. The third kappa shape index (κ3) is 2.22. The van der Waals surface area contributed by atoms with E-state index in [1.165, 1.54) is 40.0 Å². The van der Waals surface area contributed by atoms with E-state index in [9.17, 15) is 14.7 Å². The van der Waals surface area contributed by atoms with Crippen molar-refractivity contribution < 1.29 is 14.7 Å². The van der Waals surface area contributed by atoms with Gasteiger partial charge in [0, 0.05) is 21.8 Å². The Morgan fingerprint density at radius 2 is 2.45 bits per heavy atom. The summed E-state index contributed by atoms with van der Waals surface area (Å²) in [4.78, 5) is 25.1. The molecule has 1 unspecified atom stereocenters. The number of hydrogen-bond donors (Lipinski definition) is 2. The summed E-state index contributed by atoms with van der Waals surface area (Å²) < 4.78 is 3.76. The number of carboxylic acids is 1. The number of carboxylic acid groups (broad SMARTS) is 1. The van der Waals surface area contributed by atoms with E-state index in [1.54, 1.807) is 0 Å². The maximum atomic E-state index is 11.7.